The van der Waals surface area contributed by atoms with Gasteiger partial charge >= 0.3 is 0 Å². The number of halogens is 1. The average Bonchev–Trinajstić information content (AvgIpc) is 2.97. The fraction of sp³-hybridized carbons (Fsp3) is 0.158. The summed E-state index contributed by atoms with van der Waals surface area (Å²) in [7, 11) is 0. The van der Waals surface area contributed by atoms with Crippen LogP contribution in [0.1, 0.15) is 27.9 Å². The molecule has 5 heteroatoms. The molecule has 0 bridgehead atoms. The van der Waals surface area contributed by atoms with Gasteiger partial charge in [-0.05, 0) is 37.1 Å². The second-order valence-electron chi connectivity index (χ2n) is 5.45. The number of thiazole rings is 1. The van der Waals surface area contributed by atoms with E-state index < -0.39 is 0 Å². The number of hydrogen-bond donors (Lipinski definition) is 1. The Labute approximate surface area is 144 Å². The molecule has 0 unspecified atom stereocenters. The highest BCUT2D eigenvalue weighted by molar-refractivity contribution is 7.17. The first-order valence-corrected chi connectivity index (χ1v) is 8.52. The van der Waals surface area contributed by atoms with Crippen molar-refractivity contribution in [2.24, 2.45) is 0 Å². The van der Waals surface area contributed by atoms with Gasteiger partial charge in [-0.25, -0.2) is 9.37 Å². The summed E-state index contributed by atoms with van der Waals surface area (Å²) in [6.07, 6.45) is 0.985. The van der Waals surface area contributed by atoms with Gasteiger partial charge in [-0.15, -0.1) is 11.3 Å². The molecule has 0 aliphatic carbocycles. The number of amides is 1. The maximum absolute atomic E-state index is 13.2. The van der Waals surface area contributed by atoms with Crippen LogP contribution >= 0.6 is 11.3 Å². The number of benzene rings is 2. The van der Waals surface area contributed by atoms with Crippen LogP contribution in [0.25, 0.3) is 10.6 Å². The van der Waals surface area contributed by atoms with Gasteiger partial charge in [0.2, 0.25) is 0 Å². The molecule has 0 saturated heterocycles. The van der Waals surface area contributed by atoms with Gasteiger partial charge in [0.25, 0.3) is 5.91 Å². The number of rotatable bonds is 4. The lowest BCUT2D eigenvalue weighted by Gasteiger charge is -2.03. The molecule has 0 radical (unpaired) electrons. The SMILES string of the molecule is CCc1ccc(-c2nc(C)c(C(=O)Nc3cccc(F)c3)s2)cc1. The maximum Gasteiger partial charge on any atom is 0.267 e. The van der Waals surface area contributed by atoms with Crippen LogP contribution in [0.15, 0.2) is 48.5 Å². The van der Waals surface area contributed by atoms with Crippen molar-refractivity contribution in [3.8, 4) is 10.6 Å². The van der Waals surface area contributed by atoms with Gasteiger partial charge in [0.15, 0.2) is 0 Å². The number of anilines is 1. The van der Waals surface area contributed by atoms with Crippen LogP contribution < -0.4 is 5.32 Å². The first-order valence-electron chi connectivity index (χ1n) is 7.70. The molecule has 24 heavy (non-hydrogen) atoms. The highest BCUT2D eigenvalue weighted by atomic mass is 32.1. The number of carbonyl (C=O) groups is 1. The Morgan fingerprint density at radius 3 is 2.62 bits per heavy atom. The van der Waals surface area contributed by atoms with Crippen LogP contribution in [-0.2, 0) is 6.42 Å². The van der Waals surface area contributed by atoms with Crippen molar-refractivity contribution < 1.29 is 9.18 Å². The van der Waals surface area contributed by atoms with Crippen LogP contribution in [0.2, 0.25) is 0 Å². The summed E-state index contributed by atoms with van der Waals surface area (Å²) < 4.78 is 13.2. The van der Waals surface area contributed by atoms with Crippen LogP contribution in [0, 0.1) is 12.7 Å². The Morgan fingerprint density at radius 2 is 1.96 bits per heavy atom. The molecule has 1 N–H and O–H groups in total. The largest absolute Gasteiger partial charge is 0.321 e. The normalized spacial score (nSPS) is 10.6. The topological polar surface area (TPSA) is 42.0 Å². The van der Waals surface area contributed by atoms with E-state index in [9.17, 15) is 9.18 Å². The summed E-state index contributed by atoms with van der Waals surface area (Å²) in [6.45, 7) is 3.91. The molecule has 0 fully saturated rings. The minimum Gasteiger partial charge on any atom is -0.321 e. The van der Waals surface area contributed by atoms with Gasteiger partial charge < -0.3 is 5.32 Å². The monoisotopic (exact) mass is 340 g/mol. The number of aromatic nitrogens is 1. The predicted octanol–water partition coefficient (Wildman–Crippen LogP) is 5.07. The minimum atomic E-state index is -0.384. The summed E-state index contributed by atoms with van der Waals surface area (Å²) in [4.78, 5) is 17.5. The second kappa shape index (κ2) is 6.93. The molecule has 3 rings (SSSR count). The smallest absolute Gasteiger partial charge is 0.267 e. The molecule has 0 atom stereocenters. The highest BCUT2D eigenvalue weighted by Crippen LogP contribution is 2.29. The number of aryl methyl sites for hydroxylation is 2. The van der Waals surface area contributed by atoms with Crippen LogP contribution in [0.3, 0.4) is 0 Å². The van der Waals surface area contributed by atoms with Crippen LogP contribution in [0.4, 0.5) is 10.1 Å². The van der Waals surface area contributed by atoms with Crippen LogP contribution in [-0.4, -0.2) is 10.9 Å². The molecule has 122 valence electrons. The van der Waals surface area contributed by atoms with E-state index in [1.54, 1.807) is 19.1 Å². The fourth-order valence-corrected chi connectivity index (χ4v) is 3.33. The van der Waals surface area contributed by atoms with Gasteiger partial charge in [-0.3, -0.25) is 4.79 Å². The molecule has 0 aliphatic rings. The fourth-order valence-electron chi connectivity index (χ4n) is 2.37. The van der Waals surface area contributed by atoms with Crippen molar-refractivity contribution in [1.82, 2.24) is 4.98 Å². The van der Waals surface area contributed by atoms with E-state index in [-0.39, 0.29) is 11.7 Å². The van der Waals surface area contributed by atoms with E-state index in [2.05, 4.69) is 29.4 Å². The predicted molar refractivity (Wildman–Crippen MR) is 96.0 cm³/mol. The van der Waals surface area contributed by atoms with Crippen molar-refractivity contribution in [2.45, 2.75) is 20.3 Å². The molecule has 0 aliphatic heterocycles. The van der Waals surface area contributed by atoms with E-state index >= 15 is 0 Å². The van der Waals surface area contributed by atoms with Crippen molar-refractivity contribution >= 4 is 22.9 Å². The number of nitrogens with one attached hydrogen (secondary N) is 1. The summed E-state index contributed by atoms with van der Waals surface area (Å²) in [5.41, 5.74) is 3.35. The molecule has 1 heterocycles. The lowest BCUT2D eigenvalue weighted by molar-refractivity contribution is 0.103. The van der Waals surface area contributed by atoms with Gasteiger partial charge in [0, 0.05) is 11.3 Å². The van der Waals surface area contributed by atoms with Crippen molar-refractivity contribution in [3.05, 3.63) is 70.5 Å². The highest BCUT2D eigenvalue weighted by Gasteiger charge is 2.16. The zero-order valence-electron chi connectivity index (χ0n) is 13.5. The molecule has 3 nitrogen and oxygen atoms in total. The molecular formula is C19H17FN2OS. The summed E-state index contributed by atoms with van der Waals surface area (Å²) in [6, 6.07) is 14.0. The Kier molecular flexibility index (Phi) is 4.71. The molecule has 0 saturated carbocycles. The molecule has 3 aromatic rings. The molecule has 0 spiro atoms. The van der Waals surface area contributed by atoms with Gasteiger partial charge in [0.05, 0.1) is 5.69 Å². The molecule has 2 aromatic carbocycles. The Morgan fingerprint density at radius 1 is 1.21 bits per heavy atom. The Bertz CT molecular complexity index is 871. The zero-order chi connectivity index (χ0) is 17.1. The minimum absolute atomic E-state index is 0.271. The average molecular weight is 340 g/mol. The lowest BCUT2D eigenvalue weighted by atomic mass is 10.1. The first kappa shape index (κ1) is 16.3. The lowest BCUT2D eigenvalue weighted by Crippen LogP contribution is -2.11. The third-order valence-electron chi connectivity index (χ3n) is 3.69. The van der Waals surface area contributed by atoms with Gasteiger partial charge in [0.1, 0.15) is 15.7 Å². The summed E-state index contributed by atoms with van der Waals surface area (Å²) >= 11 is 1.34. The summed E-state index contributed by atoms with van der Waals surface area (Å²) in [5.74, 6) is -0.655. The van der Waals surface area contributed by atoms with E-state index in [0.29, 0.717) is 16.3 Å². The number of nitrogens with zero attached hydrogens (tertiary/aromatic N) is 1. The van der Waals surface area contributed by atoms with Crippen LogP contribution in [0.5, 0.6) is 0 Å². The van der Waals surface area contributed by atoms with E-state index in [4.69, 9.17) is 0 Å². The third-order valence-corrected chi connectivity index (χ3v) is 4.90. The molecule has 1 amide bonds. The van der Waals surface area contributed by atoms with E-state index in [1.807, 2.05) is 12.1 Å². The number of carbonyl (C=O) groups excluding carboxylic acids is 1. The molecular weight excluding hydrogens is 323 g/mol. The second-order valence-corrected chi connectivity index (χ2v) is 6.45. The van der Waals surface area contributed by atoms with Crippen molar-refractivity contribution in [1.29, 1.82) is 0 Å². The van der Waals surface area contributed by atoms with Gasteiger partial charge in [-0.2, -0.15) is 0 Å². The standard InChI is InChI=1S/C19H17FN2OS/c1-3-13-7-9-14(10-8-13)19-21-12(2)17(24-19)18(23)22-16-6-4-5-15(20)11-16/h4-11H,3H2,1-2H3,(H,22,23). The van der Waals surface area contributed by atoms with Crippen molar-refractivity contribution in [2.75, 3.05) is 5.32 Å². The van der Waals surface area contributed by atoms with Crippen molar-refractivity contribution in [3.63, 3.8) is 0 Å². The van der Waals surface area contributed by atoms with E-state index in [0.717, 1.165) is 17.0 Å². The maximum atomic E-state index is 13.2. The zero-order valence-corrected chi connectivity index (χ0v) is 14.3. The number of hydrogen-bond acceptors (Lipinski definition) is 3. The summed E-state index contributed by atoms with van der Waals surface area (Å²) in [5, 5.41) is 3.52. The quantitative estimate of drug-likeness (QED) is 0.720. The Hall–Kier alpha value is -2.53. The van der Waals surface area contributed by atoms with Gasteiger partial charge in [-0.1, -0.05) is 37.3 Å². The van der Waals surface area contributed by atoms with E-state index in [1.165, 1.54) is 29.0 Å². The first-order chi connectivity index (χ1) is 11.6. The Balaban J connectivity index is 1.83. The molecule has 1 aromatic heterocycles. The third kappa shape index (κ3) is 3.51.